The smallest absolute Gasteiger partial charge is 0.291 e. The average Bonchev–Trinajstić information content (AvgIpc) is 3.74. The van der Waals surface area contributed by atoms with Crippen LogP contribution in [0.4, 0.5) is 11.6 Å². The number of hydrogen-bond acceptors (Lipinski definition) is 12. The number of piperazine rings is 1. The number of rotatable bonds is 7. The Morgan fingerprint density at radius 2 is 1.77 bits per heavy atom. The van der Waals surface area contributed by atoms with Gasteiger partial charge < -0.3 is 19.9 Å². The van der Waals surface area contributed by atoms with E-state index < -0.39 is 26.9 Å². The van der Waals surface area contributed by atoms with E-state index in [2.05, 4.69) is 30.5 Å². The number of carbonyl (C=O) groups is 2. The number of aryl methyl sites for hydroxylation is 1. The van der Waals surface area contributed by atoms with Gasteiger partial charge in [0.2, 0.25) is 21.6 Å². The molecule has 0 saturated carbocycles. The maximum atomic E-state index is 13.9. The highest BCUT2D eigenvalue weighted by molar-refractivity contribution is 7.90. The van der Waals surface area contributed by atoms with Gasteiger partial charge >= 0.3 is 0 Å². The molecule has 224 valence electrons. The molecule has 0 aliphatic carbocycles. The number of carbonyl (C=O) groups excluding carboxylic acids is 2. The summed E-state index contributed by atoms with van der Waals surface area (Å²) in [5.41, 5.74) is 0.520. The summed E-state index contributed by atoms with van der Waals surface area (Å²) in [7, 11) is -2.17. The molecule has 1 fully saturated rings. The van der Waals surface area contributed by atoms with E-state index in [4.69, 9.17) is 4.74 Å². The van der Waals surface area contributed by atoms with E-state index in [0.717, 1.165) is 6.26 Å². The molecule has 3 aromatic heterocycles. The summed E-state index contributed by atoms with van der Waals surface area (Å²) in [6, 6.07) is 9.09. The molecule has 1 saturated heterocycles. The van der Waals surface area contributed by atoms with Gasteiger partial charge in [0, 0.05) is 44.5 Å². The Kier molecular flexibility index (Phi) is 6.87. The zero-order valence-corrected chi connectivity index (χ0v) is 24.9. The Morgan fingerprint density at radius 3 is 2.40 bits per heavy atom. The van der Waals surface area contributed by atoms with E-state index in [1.54, 1.807) is 26.0 Å². The highest BCUT2D eigenvalue weighted by Crippen LogP contribution is 2.45. The lowest BCUT2D eigenvalue weighted by molar-refractivity contribution is -0.147. The van der Waals surface area contributed by atoms with Gasteiger partial charge in [-0.15, -0.1) is 5.10 Å². The van der Waals surface area contributed by atoms with E-state index in [9.17, 15) is 18.0 Å². The molecule has 6 rings (SSSR count). The quantitative estimate of drug-likeness (QED) is 0.291. The van der Waals surface area contributed by atoms with Gasteiger partial charge in [-0.2, -0.15) is 14.8 Å². The lowest BCUT2D eigenvalue weighted by Crippen LogP contribution is -2.54. The van der Waals surface area contributed by atoms with Crippen LogP contribution >= 0.6 is 0 Å². The first-order valence-corrected chi connectivity index (χ1v) is 15.4. The van der Waals surface area contributed by atoms with Gasteiger partial charge in [-0.1, -0.05) is 18.2 Å². The van der Waals surface area contributed by atoms with E-state index in [1.165, 1.54) is 33.9 Å². The largest absolute Gasteiger partial charge is 0.495 e. The van der Waals surface area contributed by atoms with Gasteiger partial charge in [-0.05, 0) is 26.0 Å². The summed E-state index contributed by atoms with van der Waals surface area (Å²) >= 11 is 0. The topological polar surface area (TPSA) is 170 Å². The summed E-state index contributed by atoms with van der Waals surface area (Å²) in [5.74, 6) is 0.548. The second-order valence-electron chi connectivity index (χ2n) is 10.6. The molecule has 16 heteroatoms. The van der Waals surface area contributed by atoms with Gasteiger partial charge in [0.25, 0.3) is 11.1 Å². The van der Waals surface area contributed by atoms with Crippen molar-refractivity contribution in [2.45, 2.75) is 24.4 Å². The molecule has 15 nitrogen and oxygen atoms in total. The Balaban J connectivity index is 1.24. The number of benzene rings is 1. The minimum atomic E-state index is -3.66. The van der Waals surface area contributed by atoms with Crippen LogP contribution in [-0.2, 0) is 24.8 Å². The number of sulfone groups is 1. The molecule has 4 aromatic rings. The lowest BCUT2D eigenvalue weighted by atomic mass is 9.79. The van der Waals surface area contributed by atoms with Crippen LogP contribution in [0.1, 0.15) is 18.3 Å². The molecule has 1 amide bonds. The van der Waals surface area contributed by atoms with Gasteiger partial charge in [-0.3, -0.25) is 9.59 Å². The molecule has 1 N–H and O–H groups in total. The second-order valence-corrected chi connectivity index (χ2v) is 12.6. The minimum Gasteiger partial charge on any atom is -0.495 e. The van der Waals surface area contributed by atoms with Crippen molar-refractivity contribution in [3.05, 3.63) is 54.2 Å². The third-order valence-electron chi connectivity index (χ3n) is 7.69. The fourth-order valence-corrected chi connectivity index (χ4v) is 5.88. The number of ether oxygens (including phenoxy) is 1. The number of para-hydroxylation sites is 1. The second kappa shape index (κ2) is 10.4. The first kappa shape index (κ1) is 28.3. The van der Waals surface area contributed by atoms with Crippen LogP contribution in [0.3, 0.4) is 0 Å². The van der Waals surface area contributed by atoms with E-state index in [1.807, 2.05) is 23.1 Å². The van der Waals surface area contributed by atoms with Crippen molar-refractivity contribution in [2.24, 2.45) is 0 Å². The number of hydrogen-bond donors (Lipinski definition) is 1. The summed E-state index contributed by atoms with van der Waals surface area (Å²) in [6.07, 6.45) is 4.10. The number of amides is 1. The lowest BCUT2D eigenvalue weighted by Gasteiger charge is -2.36. The maximum Gasteiger partial charge on any atom is 0.291 e. The molecule has 1 aromatic carbocycles. The Morgan fingerprint density at radius 1 is 1.05 bits per heavy atom. The molecule has 1 unspecified atom stereocenters. The molecule has 5 heterocycles. The highest BCUT2D eigenvalue weighted by atomic mass is 32.2. The fraction of sp³-hybridized carbons (Fsp3) is 0.370. The van der Waals surface area contributed by atoms with Crippen molar-refractivity contribution >= 4 is 33.2 Å². The normalized spacial score (nSPS) is 18.3. The SMILES string of the molecule is COc1cnc(-n2cnc(C)n2)c2c1C(C)(C(=O)C(=O)N1CCN(c3nc(S(C)(=O)=O)nn3-c3ccccc3)CC1)CN2. The van der Waals surface area contributed by atoms with Gasteiger partial charge in [0.05, 0.1) is 30.1 Å². The number of pyridine rings is 1. The monoisotopic (exact) mass is 606 g/mol. The highest BCUT2D eigenvalue weighted by Gasteiger charge is 2.49. The van der Waals surface area contributed by atoms with Crippen LogP contribution in [0, 0.1) is 6.92 Å². The molecular formula is C27H30N10O5S. The van der Waals surface area contributed by atoms with Crippen LogP contribution < -0.4 is 15.0 Å². The summed E-state index contributed by atoms with van der Waals surface area (Å²) in [5, 5.41) is 11.5. The number of nitrogens with one attached hydrogen (secondary N) is 1. The van der Waals surface area contributed by atoms with Gasteiger partial charge in [0.1, 0.15) is 17.9 Å². The standard InChI is InChI=1S/C27H30N10O5S/c1-17-30-16-36(32-17)23-21-20(19(42-3)14-28-23)27(2,15-29-21)22(38)24(39)34-10-12-35(13-11-34)26-31-25(43(4,40)41)33-37(26)18-8-6-5-7-9-18/h5-9,14,16,29H,10-13,15H2,1-4H3. The number of ketones is 1. The number of anilines is 2. The zero-order chi connectivity index (χ0) is 30.5. The van der Waals surface area contributed by atoms with Crippen molar-refractivity contribution < 1.29 is 22.7 Å². The molecule has 1 atom stereocenters. The summed E-state index contributed by atoms with van der Waals surface area (Å²) in [4.78, 5) is 43.9. The Bertz CT molecular complexity index is 1830. The fourth-order valence-electron chi connectivity index (χ4n) is 5.40. The number of Topliss-reactive ketones (excluding diaryl/α,β-unsaturated/α-hetero) is 1. The number of fused-ring (bicyclic) bond motifs is 1. The maximum absolute atomic E-state index is 13.9. The van der Waals surface area contributed by atoms with Crippen LogP contribution in [0.2, 0.25) is 0 Å². The van der Waals surface area contributed by atoms with E-state index in [-0.39, 0.29) is 24.8 Å². The molecule has 43 heavy (non-hydrogen) atoms. The average molecular weight is 607 g/mol. The number of aromatic nitrogens is 7. The van der Waals surface area contributed by atoms with E-state index >= 15 is 0 Å². The minimum absolute atomic E-state index is 0.171. The Labute approximate surface area is 247 Å². The van der Waals surface area contributed by atoms with Crippen molar-refractivity contribution in [3.8, 4) is 17.3 Å². The van der Waals surface area contributed by atoms with Crippen LogP contribution in [0.25, 0.3) is 11.5 Å². The van der Waals surface area contributed by atoms with Gasteiger partial charge in [0.15, 0.2) is 5.82 Å². The van der Waals surface area contributed by atoms with E-state index in [0.29, 0.717) is 53.4 Å². The van der Waals surface area contributed by atoms with Crippen molar-refractivity contribution in [1.82, 2.24) is 39.4 Å². The molecule has 0 radical (unpaired) electrons. The zero-order valence-electron chi connectivity index (χ0n) is 24.1. The first-order chi connectivity index (χ1) is 20.5. The molecule has 2 aliphatic rings. The predicted octanol–water partition coefficient (Wildman–Crippen LogP) is 0.565. The van der Waals surface area contributed by atoms with Gasteiger partial charge in [-0.25, -0.2) is 23.1 Å². The Hall–Kier alpha value is -4.86. The van der Waals surface area contributed by atoms with Crippen LogP contribution in [0.15, 0.2) is 48.0 Å². The molecular weight excluding hydrogens is 576 g/mol. The van der Waals surface area contributed by atoms with Crippen LogP contribution in [-0.4, -0.2) is 106 Å². The van der Waals surface area contributed by atoms with Crippen molar-refractivity contribution in [3.63, 3.8) is 0 Å². The first-order valence-electron chi connectivity index (χ1n) is 13.5. The van der Waals surface area contributed by atoms with Crippen molar-refractivity contribution in [1.29, 1.82) is 0 Å². The van der Waals surface area contributed by atoms with Crippen LogP contribution in [0.5, 0.6) is 5.75 Å². The molecule has 0 bridgehead atoms. The summed E-state index contributed by atoms with van der Waals surface area (Å²) < 4.78 is 33.1. The number of nitrogens with zero attached hydrogens (tertiary/aromatic N) is 9. The third-order valence-corrected chi connectivity index (χ3v) is 8.52. The molecule has 2 aliphatic heterocycles. The van der Waals surface area contributed by atoms with Crippen molar-refractivity contribution in [2.75, 3.05) is 56.3 Å². The summed E-state index contributed by atoms with van der Waals surface area (Å²) in [6.45, 7) is 4.75. The molecule has 0 spiro atoms. The predicted molar refractivity (Wildman–Crippen MR) is 155 cm³/mol. The third kappa shape index (κ3) is 4.86. The number of methoxy groups -OCH3 is 1.